The van der Waals surface area contributed by atoms with Crippen molar-refractivity contribution < 1.29 is 17.9 Å². The second-order valence-corrected chi connectivity index (χ2v) is 7.39. The van der Waals surface area contributed by atoms with E-state index in [1.807, 2.05) is 13.2 Å². The minimum Gasteiger partial charge on any atom is -0.462 e. The van der Waals surface area contributed by atoms with E-state index in [0.29, 0.717) is 5.76 Å². The number of aliphatic hydroxyl groups is 1. The van der Waals surface area contributed by atoms with Crippen molar-refractivity contribution >= 4 is 21.8 Å². The monoisotopic (exact) mass is 307 g/mol. The molecule has 1 aromatic rings. The minimum atomic E-state index is -3.57. The predicted molar refractivity (Wildman–Crippen MR) is 76.8 cm³/mol. The first-order valence-corrected chi connectivity index (χ1v) is 8.85. The predicted octanol–water partition coefficient (Wildman–Crippen LogP) is 1.84. The van der Waals surface area contributed by atoms with Crippen molar-refractivity contribution in [2.45, 2.75) is 37.8 Å². The summed E-state index contributed by atoms with van der Waals surface area (Å²) in [7, 11) is -1.99. The topological polar surface area (TPSA) is 70.8 Å². The number of hydrogen-bond acceptors (Lipinski definition) is 5. The summed E-state index contributed by atoms with van der Waals surface area (Å²) in [4.78, 5) is 0.134. The summed E-state index contributed by atoms with van der Waals surface area (Å²) in [5.74, 6) is 1.49. The lowest BCUT2D eigenvalue weighted by Gasteiger charge is -2.23. The standard InChI is InChI=1S/C12H21NO4S2/c1-9(5-6-18-4)13(3)19(15,16)12-7-11(8-14)17-10(12)2/h7,9,14H,5-6,8H2,1-4H3. The zero-order valence-corrected chi connectivity index (χ0v) is 13.3. The summed E-state index contributed by atoms with van der Waals surface area (Å²) in [6.45, 7) is 3.17. The summed E-state index contributed by atoms with van der Waals surface area (Å²) in [5, 5.41) is 9.00. The van der Waals surface area contributed by atoms with E-state index in [-0.39, 0.29) is 23.3 Å². The van der Waals surface area contributed by atoms with Gasteiger partial charge in [-0.05, 0) is 32.3 Å². The van der Waals surface area contributed by atoms with Crippen molar-refractivity contribution in [3.05, 3.63) is 17.6 Å². The fraction of sp³-hybridized carbons (Fsp3) is 0.667. The fourth-order valence-corrected chi connectivity index (χ4v) is 3.87. The van der Waals surface area contributed by atoms with Crippen LogP contribution in [0.1, 0.15) is 24.9 Å². The maximum Gasteiger partial charge on any atom is 0.246 e. The molecule has 7 heteroatoms. The molecule has 1 aromatic heterocycles. The van der Waals surface area contributed by atoms with Crippen LogP contribution < -0.4 is 0 Å². The molecule has 0 radical (unpaired) electrons. The quantitative estimate of drug-likeness (QED) is 0.832. The van der Waals surface area contributed by atoms with Gasteiger partial charge in [0.25, 0.3) is 0 Å². The van der Waals surface area contributed by atoms with Gasteiger partial charge in [-0.15, -0.1) is 0 Å². The number of hydrogen-bond donors (Lipinski definition) is 1. The normalized spacial score (nSPS) is 14.0. The number of thioether (sulfide) groups is 1. The lowest BCUT2D eigenvalue weighted by molar-refractivity contribution is 0.244. The fourth-order valence-electron chi connectivity index (χ4n) is 1.72. The molecular weight excluding hydrogens is 286 g/mol. The first-order chi connectivity index (χ1) is 8.84. The molecule has 0 bridgehead atoms. The molecule has 1 unspecified atom stereocenters. The molecule has 0 aliphatic heterocycles. The molecular formula is C12H21NO4S2. The zero-order valence-electron chi connectivity index (χ0n) is 11.7. The van der Waals surface area contributed by atoms with Crippen LogP contribution in [0.3, 0.4) is 0 Å². The van der Waals surface area contributed by atoms with Crippen LogP contribution in [0.15, 0.2) is 15.4 Å². The highest BCUT2D eigenvalue weighted by atomic mass is 32.2. The Morgan fingerprint density at radius 1 is 1.53 bits per heavy atom. The molecule has 1 N–H and O–H groups in total. The Kier molecular flexibility index (Phi) is 5.91. The molecule has 1 heterocycles. The van der Waals surface area contributed by atoms with Gasteiger partial charge in [0.2, 0.25) is 10.0 Å². The van der Waals surface area contributed by atoms with Gasteiger partial charge in [0, 0.05) is 19.2 Å². The number of sulfonamides is 1. The second-order valence-electron chi connectivity index (χ2n) is 4.44. The molecule has 0 aliphatic carbocycles. The van der Waals surface area contributed by atoms with E-state index in [1.165, 1.54) is 10.4 Å². The third kappa shape index (κ3) is 3.75. The van der Waals surface area contributed by atoms with Crippen molar-refractivity contribution in [2.24, 2.45) is 0 Å². The molecule has 110 valence electrons. The number of nitrogens with zero attached hydrogens (tertiary/aromatic N) is 1. The van der Waals surface area contributed by atoms with Gasteiger partial charge in [0.15, 0.2) is 0 Å². The molecule has 0 aromatic carbocycles. The van der Waals surface area contributed by atoms with E-state index in [4.69, 9.17) is 9.52 Å². The van der Waals surface area contributed by atoms with Gasteiger partial charge in [-0.1, -0.05) is 0 Å². The van der Waals surface area contributed by atoms with Crippen molar-refractivity contribution in [2.75, 3.05) is 19.1 Å². The highest BCUT2D eigenvalue weighted by Crippen LogP contribution is 2.25. The highest BCUT2D eigenvalue weighted by molar-refractivity contribution is 7.98. The van der Waals surface area contributed by atoms with Crippen LogP contribution in [0.4, 0.5) is 0 Å². The summed E-state index contributed by atoms with van der Waals surface area (Å²) >= 11 is 1.69. The van der Waals surface area contributed by atoms with Gasteiger partial charge < -0.3 is 9.52 Å². The van der Waals surface area contributed by atoms with Gasteiger partial charge >= 0.3 is 0 Å². The Hall–Kier alpha value is -0.500. The van der Waals surface area contributed by atoms with Gasteiger partial charge in [-0.2, -0.15) is 16.1 Å². The Bertz CT molecular complexity index is 510. The molecule has 0 amide bonds. The lowest BCUT2D eigenvalue weighted by atomic mass is 10.3. The average Bonchev–Trinajstić information content (AvgIpc) is 2.76. The number of furan rings is 1. The molecule has 19 heavy (non-hydrogen) atoms. The third-order valence-electron chi connectivity index (χ3n) is 3.10. The van der Waals surface area contributed by atoms with Crippen LogP contribution in [0.2, 0.25) is 0 Å². The third-order valence-corrected chi connectivity index (χ3v) is 5.82. The first kappa shape index (κ1) is 16.6. The van der Waals surface area contributed by atoms with E-state index in [0.717, 1.165) is 12.2 Å². The summed E-state index contributed by atoms with van der Waals surface area (Å²) in [5.41, 5.74) is 0. The van der Waals surface area contributed by atoms with Crippen LogP contribution >= 0.6 is 11.8 Å². The maximum absolute atomic E-state index is 12.5. The van der Waals surface area contributed by atoms with E-state index in [2.05, 4.69) is 0 Å². The van der Waals surface area contributed by atoms with Crippen LogP contribution in [-0.4, -0.2) is 42.9 Å². The Morgan fingerprint density at radius 3 is 2.63 bits per heavy atom. The van der Waals surface area contributed by atoms with E-state index >= 15 is 0 Å². The Balaban J connectivity index is 2.99. The van der Waals surface area contributed by atoms with E-state index < -0.39 is 10.0 Å². The van der Waals surface area contributed by atoms with Crippen LogP contribution in [0, 0.1) is 6.92 Å². The molecule has 0 saturated carbocycles. The molecule has 0 spiro atoms. The Labute approximate surface area is 119 Å². The average molecular weight is 307 g/mol. The molecule has 1 atom stereocenters. The molecule has 1 rings (SSSR count). The maximum atomic E-state index is 12.5. The van der Waals surface area contributed by atoms with Crippen molar-refractivity contribution in [3.8, 4) is 0 Å². The number of aliphatic hydroxyl groups excluding tert-OH is 1. The first-order valence-electron chi connectivity index (χ1n) is 6.01. The number of rotatable bonds is 7. The molecule has 0 fully saturated rings. The van der Waals surface area contributed by atoms with E-state index in [1.54, 1.807) is 25.7 Å². The zero-order chi connectivity index (χ0) is 14.6. The van der Waals surface area contributed by atoms with Crippen LogP contribution in [-0.2, 0) is 16.6 Å². The molecule has 5 nitrogen and oxygen atoms in total. The largest absolute Gasteiger partial charge is 0.462 e. The molecule has 0 saturated heterocycles. The summed E-state index contributed by atoms with van der Waals surface area (Å²) in [6, 6.07) is 1.31. The van der Waals surface area contributed by atoms with Crippen LogP contribution in [0.25, 0.3) is 0 Å². The van der Waals surface area contributed by atoms with Gasteiger partial charge in [0.1, 0.15) is 23.0 Å². The number of aryl methyl sites for hydroxylation is 1. The summed E-state index contributed by atoms with van der Waals surface area (Å²) in [6.07, 6.45) is 2.79. The Morgan fingerprint density at radius 2 is 2.16 bits per heavy atom. The highest BCUT2D eigenvalue weighted by Gasteiger charge is 2.29. The van der Waals surface area contributed by atoms with Crippen molar-refractivity contribution in [1.29, 1.82) is 0 Å². The van der Waals surface area contributed by atoms with Gasteiger partial charge in [-0.3, -0.25) is 0 Å². The molecule has 0 aliphatic rings. The summed E-state index contributed by atoms with van der Waals surface area (Å²) < 4.78 is 31.5. The van der Waals surface area contributed by atoms with E-state index in [9.17, 15) is 8.42 Å². The van der Waals surface area contributed by atoms with Crippen molar-refractivity contribution in [1.82, 2.24) is 4.31 Å². The van der Waals surface area contributed by atoms with Crippen LogP contribution in [0.5, 0.6) is 0 Å². The van der Waals surface area contributed by atoms with Gasteiger partial charge in [0.05, 0.1) is 0 Å². The van der Waals surface area contributed by atoms with Crippen molar-refractivity contribution in [3.63, 3.8) is 0 Å². The lowest BCUT2D eigenvalue weighted by Crippen LogP contribution is -2.35. The van der Waals surface area contributed by atoms with Gasteiger partial charge in [-0.25, -0.2) is 8.42 Å². The second kappa shape index (κ2) is 6.78. The smallest absolute Gasteiger partial charge is 0.246 e. The minimum absolute atomic E-state index is 0.0793. The SMILES string of the molecule is CSCCC(C)N(C)S(=O)(=O)c1cc(CO)oc1C.